The van der Waals surface area contributed by atoms with Crippen LogP contribution in [-0.4, -0.2) is 22.4 Å². The van der Waals surface area contributed by atoms with E-state index in [0.29, 0.717) is 5.69 Å². The molecule has 0 spiro atoms. The van der Waals surface area contributed by atoms with Gasteiger partial charge in [0.05, 0.1) is 0 Å². The molecular weight excluding hydrogens is 182 g/mol. The zero-order chi connectivity index (χ0) is 10.7. The Balaban J connectivity index is 2.69. The van der Waals surface area contributed by atoms with Gasteiger partial charge in [-0.2, -0.15) is 0 Å². The van der Waals surface area contributed by atoms with Gasteiger partial charge in [0.25, 0.3) is 5.91 Å². The highest BCUT2D eigenvalue weighted by Gasteiger charge is 2.14. The Morgan fingerprint density at radius 1 is 1.57 bits per heavy atom. The van der Waals surface area contributed by atoms with Crippen molar-refractivity contribution in [3.63, 3.8) is 0 Å². The van der Waals surface area contributed by atoms with Crippen LogP contribution in [0.5, 0.6) is 0 Å². The Bertz CT molecular complexity index is 357. The first-order valence-corrected chi connectivity index (χ1v) is 4.24. The maximum absolute atomic E-state index is 11.5. The largest absolute Gasteiger partial charge is 0.368 e. The number of carbonyl (C=O) groups is 2. The smallest absolute Gasteiger partial charge is 0.268 e. The third-order valence-electron chi connectivity index (χ3n) is 1.95. The van der Waals surface area contributed by atoms with Gasteiger partial charge in [-0.15, -0.1) is 0 Å². The molecule has 76 valence electrons. The summed E-state index contributed by atoms with van der Waals surface area (Å²) in [5, 5.41) is 2.49. The number of nitrogens with two attached hydrogens (primary N) is 1. The molecule has 5 heteroatoms. The summed E-state index contributed by atoms with van der Waals surface area (Å²) in [7, 11) is 1.75. The van der Waals surface area contributed by atoms with E-state index >= 15 is 0 Å². The van der Waals surface area contributed by atoms with Crippen molar-refractivity contribution in [3.05, 3.63) is 24.0 Å². The molecular formula is C9H13N3O2. The van der Waals surface area contributed by atoms with Gasteiger partial charge in [0.2, 0.25) is 5.91 Å². The molecule has 0 aliphatic carbocycles. The highest BCUT2D eigenvalue weighted by Crippen LogP contribution is 1.99. The van der Waals surface area contributed by atoms with Crippen LogP contribution in [0.1, 0.15) is 17.4 Å². The summed E-state index contributed by atoms with van der Waals surface area (Å²) >= 11 is 0. The lowest BCUT2D eigenvalue weighted by Crippen LogP contribution is -2.42. The number of rotatable bonds is 3. The Morgan fingerprint density at radius 2 is 2.21 bits per heavy atom. The fraction of sp³-hybridized carbons (Fsp3) is 0.333. The van der Waals surface area contributed by atoms with E-state index in [1.54, 1.807) is 36.9 Å². The molecule has 1 aromatic rings. The van der Waals surface area contributed by atoms with Crippen molar-refractivity contribution < 1.29 is 9.59 Å². The zero-order valence-electron chi connectivity index (χ0n) is 8.15. The van der Waals surface area contributed by atoms with Crippen LogP contribution >= 0.6 is 0 Å². The normalized spacial score (nSPS) is 12.1. The van der Waals surface area contributed by atoms with Crippen molar-refractivity contribution in [2.75, 3.05) is 0 Å². The SMILES string of the molecule is CC(NC(=O)c1cccn1C)C(N)=O. The van der Waals surface area contributed by atoms with Crippen molar-refractivity contribution in [3.8, 4) is 0 Å². The van der Waals surface area contributed by atoms with Crippen LogP contribution in [0.4, 0.5) is 0 Å². The quantitative estimate of drug-likeness (QED) is 0.690. The van der Waals surface area contributed by atoms with Gasteiger partial charge in [-0.05, 0) is 19.1 Å². The van der Waals surface area contributed by atoms with Crippen molar-refractivity contribution >= 4 is 11.8 Å². The minimum Gasteiger partial charge on any atom is -0.368 e. The Hall–Kier alpha value is -1.78. The Morgan fingerprint density at radius 3 is 2.64 bits per heavy atom. The number of hydrogen-bond acceptors (Lipinski definition) is 2. The number of carbonyl (C=O) groups excluding carboxylic acids is 2. The number of hydrogen-bond donors (Lipinski definition) is 2. The summed E-state index contributed by atoms with van der Waals surface area (Å²) in [6, 6.07) is 2.77. The van der Waals surface area contributed by atoms with Gasteiger partial charge < -0.3 is 15.6 Å². The van der Waals surface area contributed by atoms with Gasteiger partial charge >= 0.3 is 0 Å². The third kappa shape index (κ3) is 2.12. The number of nitrogens with zero attached hydrogens (tertiary/aromatic N) is 1. The molecule has 0 radical (unpaired) electrons. The van der Waals surface area contributed by atoms with E-state index in [-0.39, 0.29) is 5.91 Å². The molecule has 0 saturated carbocycles. The molecule has 5 nitrogen and oxygen atoms in total. The summed E-state index contributed by atoms with van der Waals surface area (Å²) in [5.74, 6) is -0.851. The van der Waals surface area contributed by atoms with Crippen LogP contribution in [0, 0.1) is 0 Å². The second-order valence-corrected chi connectivity index (χ2v) is 3.10. The molecule has 1 heterocycles. The van der Waals surface area contributed by atoms with Crippen molar-refractivity contribution in [1.29, 1.82) is 0 Å². The van der Waals surface area contributed by atoms with Gasteiger partial charge in [-0.3, -0.25) is 9.59 Å². The van der Waals surface area contributed by atoms with Crippen LogP contribution < -0.4 is 11.1 Å². The molecule has 0 saturated heterocycles. The number of aromatic nitrogens is 1. The number of primary amides is 1. The average Bonchev–Trinajstić information content (AvgIpc) is 2.51. The Kier molecular flexibility index (Phi) is 2.91. The molecule has 0 fully saturated rings. The minimum atomic E-state index is -0.655. The van der Waals surface area contributed by atoms with Gasteiger partial charge in [0.1, 0.15) is 11.7 Å². The summed E-state index contributed by atoms with van der Waals surface area (Å²) in [4.78, 5) is 22.2. The molecule has 0 aliphatic rings. The summed E-state index contributed by atoms with van der Waals surface area (Å²) in [6.07, 6.45) is 1.75. The van der Waals surface area contributed by atoms with Crippen LogP contribution in [0.3, 0.4) is 0 Å². The summed E-state index contributed by atoms with van der Waals surface area (Å²) < 4.78 is 1.67. The van der Waals surface area contributed by atoms with E-state index in [0.717, 1.165) is 0 Å². The maximum Gasteiger partial charge on any atom is 0.268 e. The Labute approximate surface area is 81.9 Å². The first-order chi connectivity index (χ1) is 6.52. The average molecular weight is 195 g/mol. The van der Waals surface area contributed by atoms with Gasteiger partial charge in [-0.1, -0.05) is 0 Å². The molecule has 1 aromatic heterocycles. The van der Waals surface area contributed by atoms with Crippen molar-refractivity contribution in [2.45, 2.75) is 13.0 Å². The molecule has 1 rings (SSSR count). The lowest BCUT2D eigenvalue weighted by molar-refractivity contribution is -0.119. The molecule has 3 N–H and O–H groups in total. The van der Waals surface area contributed by atoms with E-state index < -0.39 is 11.9 Å². The zero-order valence-corrected chi connectivity index (χ0v) is 8.15. The lowest BCUT2D eigenvalue weighted by Gasteiger charge is -2.10. The third-order valence-corrected chi connectivity index (χ3v) is 1.95. The van der Waals surface area contributed by atoms with Gasteiger partial charge in [0, 0.05) is 13.2 Å². The van der Waals surface area contributed by atoms with Gasteiger partial charge in [0.15, 0.2) is 0 Å². The van der Waals surface area contributed by atoms with Crippen LogP contribution in [0.15, 0.2) is 18.3 Å². The highest BCUT2D eigenvalue weighted by atomic mass is 16.2. The minimum absolute atomic E-state index is 0.302. The maximum atomic E-state index is 11.5. The van der Waals surface area contributed by atoms with E-state index in [2.05, 4.69) is 5.32 Å². The van der Waals surface area contributed by atoms with E-state index in [9.17, 15) is 9.59 Å². The van der Waals surface area contributed by atoms with E-state index in [1.807, 2.05) is 0 Å². The molecule has 1 atom stereocenters. The molecule has 0 aliphatic heterocycles. The molecule has 0 bridgehead atoms. The number of aryl methyl sites for hydroxylation is 1. The van der Waals surface area contributed by atoms with E-state index in [4.69, 9.17) is 5.73 Å². The van der Waals surface area contributed by atoms with Gasteiger partial charge in [-0.25, -0.2) is 0 Å². The molecule has 2 amide bonds. The number of amides is 2. The van der Waals surface area contributed by atoms with Crippen LogP contribution in [0.25, 0.3) is 0 Å². The monoisotopic (exact) mass is 195 g/mol. The fourth-order valence-electron chi connectivity index (χ4n) is 1.04. The fourth-order valence-corrected chi connectivity index (χ4v) is 1.04. The predicted octanol–water partition coefficient (Wildman–Crippen LogP) is -0.371. The summed E-state index contributed by atoms with van der Waals surface area (Å²) in [5.41, 5.74) is 5.51. The second-order valence-electron chi connectivity index (χ2n) is 3.10. The highest BCUT2D eigenvalue weighted by molar-refractivity contribution is 5.95. The second kappa shape index (κ2) is 3.95. The van der Waals surface area contributed by atoms with Crippen molar-refractivity contribution in [1.82, 2.24) is 9.88 Å². The first kappa shape index (κ1) is 10.3. The van der Waals surface area contributed by atoms with Crippen LogP contribution in [0.2, 0.25) is 0 Å². The van der Waals surface area contributed by atoms with Crippen LogP contribution in [-0.2, 0) is 11.8 Å². The number of nitrogens with one attached hydrogen (secondary N) is 1. The topological polar surface area (TPSA) is 77.1 Å². The van der Waals surface area contributed by atoms with Crippen molar-refractivity contribution in [2.24, 2.45) is 12.8 Å². The predicted molar refractivity (Wildman–Crippen MR) is 51.5 cm³/mol. The molecule has 0 aromatic carbocycles. The standard InChI is InChI=1S/C9H13N3O2/c1-6(8(10)13)11-9(14)7-4-3-5-12(7)2/h3-6H,1-2H3,(H2,10,13)(H,11,14). The lowest BCUT2D eigenvalue weighted by atomic mass is 10.3. The molecule has 14 heavy (non-hydrogen) atoms. The first-order valence-electron chi connectivity index (χ1n) is 4.24. The van der Waals surface area contributed by atoms with E-state index in [1.165, 1.54) is 0 Å². The molecule has 1 unspecified atom stereocenters. The summed E-state index contributed by atoms with van der Waals surface area (Å²) in [6.45, 7) is 1.54.